The van der Waals surface area contributed by atoms with Gasteiger partial charge in [0.1, 0.15) is 0 Å². The number of rotatable bonds is 5. The van der Waals surface area contributed by atoms with Gasteiger partial charge in [0.15, 0.2) is 0 Å². The summed E-state index contributed by atoms with van der Waals surface area (Å²) in [5.41, 5.74) is 3.26. The Labute approximate surface area is 127 Å². The molecule has 1 unspecified atom stereocenters. The van der Waals surface area contributed by atoms with Gasteiger partial charge in [-0.1, -0.05) is 56.3 Å². The van der Waals surface area contributed by atoms with Crippen LogP contribution in [0.25, 0.3) is 0 Å². The first kappa shape index (κ1) is 15.3. The maximum absolute atomic E-state index is 8.98. The SMILES string of the molecule is CC(NCC(C)(C)c1ccccc1)c1cccc(C#N)c1. The number of nitrogens with zero attached hydrogens (tertiary/aromatic N) is 1. The van der Waals surface area contributed by atoms with Crippen LogP contribution >= 0.6 is 0 Å². The van der Waals surface area contributed by atoms with E-state index in [1.54, 1.807) is 0 Å². The topological polar surface area (TPSA) is 35.8 Å². The van der Waals surface area contributed by atoms with E-state index in [0.29, 0.717) is 5.56 Å². The molecule has 0 aromatic heterocycles. The third-order valence-electron chi connectivity index (χ3n) is 3.92. The third-order valence-corrected chi connectivity index (χ3v) is 3.92. The molecule has 2 rings (SSSR count). The molecule has 108 valence electrons. The highest BCUT2D eigenvalue weighted by Gasteiger charge is 2.21. The van der Waals surface area contributed by atoms with E-state index in [-0.39, 0.29) is 11.5 Å². The number of nitriles is 1. The summed E-state index contributed by atoms with van der Waals surface area (Å²) in [7, 11) is 0. The first-order chi connectivity index (χ1) is 10.0. The van der Waals surface area contributed by atoms with E-state index in [0.717, 1.165) is 12.1 Å². The Hall–Kier alpha value is -2.11. The average molecular weight is 278 g/mol. The van der Waals surface area contributed by atoms with Crippen LogP contribution in [0.5, 0.6) is 0 Å². The van der Waals surface area contributed by atoms with Gasteiger partial charge >= 0.3 is 0 Å². The van der Waals surface area contributed by atoms with Crippen LogP contribution in [0.2, 0.25) is 0 Å². The zero-order valence-electron chi connectivity index (χ0n) is 12.9. The number of nitrogens with one attached hydrogen (secondary N) is 1. The fourth-order valence-electron chi connectivity index (χ4n) is 2.40. The van der Waals surface area contributed by atoms with Crippen molar-refractivity contribution in [2.24, 2.45) is 0 Å². The lowest BCUT2D eigenvalue weighted by molar-refractivity contribution is 0.435. The highest BCUT2D eigenvalue weighted by molar-refractivity contribution is 5.34. The van der Waals surface area contributed by atoms with Gasteiger partial charge in [0.2, 0.25) is 0 Å². The molecule has 1 atom stereocenters. The Bertz CT molecular complexity index is 624. The molecule has 0 fully saturated rings. The van der Waals surface area contributed by atoms with Gasteiger partial charge in [0.05, 0.1) is 11.6 Å². The van der Waals surface area contributed by atoms with Gasteiger partial charge < -0.3 is 5.32 Å². The lowest BCUT2D eigenvalue weighted by Gasteiger charge is -2.28. The van der Waals surface area contributed by atoms with Gasteiger partial charge in [0.25, 0.3) is 0 Å². The second-order valence-electron chi connectivity index (χ2n) is 6.09. The van der Waals surface area contributed by atoms with Crippen molar-refractivity contribution in [3.8, 4) is 6.07 Å². The molecule has 21 heavy (non-hydrogen) atoms. The van der Waals surface area contributed by atoms with Crippen LogP contribution in [0.4, 0.5) is 0 Å². The molecule has 2 aromatic rings. The quantitative estimate of drug-likeness (QED) is 0.890. The maximum atomic E-state index is 8.98. The molecule has 0 saturated carbocycles. The van der Waals surface area contributed by atoms with Crippen molar-refractivity contribution in [1.29, 1.82) is 5.26 Å². The smallest absolute Gasteiger partial charge is 0.0991 e. The summed E-state index contributed by atoms with van der Waals surface area (Å²) < 4.78 is 0. The predicted octanol–water partition coefficient (Wildman–Crippen LogP) is 4.19. The monoisotopic (exact) mass is 278 g/mol. The molecule has 2 heteroatoms. The van der Waals surface area contributed by atoms with E-state index in [1.165, 1.54) is 5.56 Å². The molecule has 0 saturated heterocycles. The van der Waals surface area contributed by atoms with Crippen LogP contribution in [-0.4, -0.2) is 6.54 Å². The summed E-state index contributed by atoms with van der Waals surface area (Å²) in [4.78, 5) is 0. The second-order valence-corrected chi connectivity index (χ2v) is 6.09. The summed E-state index contributed by atoms with van der Waals surface area (Å²) in [6, 6.07) is 20.8. The Morgan fingerprint density at radius 3 is 2.48 bits per heavy atom. The van der Waals surface area contributed by atoms with Gasteiger partial charge in [-0.25, -0.2) is 0 Å². The highest BCUT2D eigenvalue weighted by Crippen LogP contribution is 2.23. The van der Waals surface area contributed by atoms with E-state index < -0.39 is 0 Å². The fraction of sp³-hybridized carbons (Fsp3) is 0.316. The number of hydrogen-bond donors (Lipinski definition) is 1. The van der Waals surface area contributed by atoms with Gasteiger partial charge in [0, 0.05) is 18.0 Å². The van der Waals surface area contributed by atoms with Gasteiger partial charge in [-0.3, -0.25) is 0 Å². The number of hydrogen-bond acceptors (Lipinski definition) is 2. The second kappa shape index (κ2) is 6.56. The largest absolute Gasteiger partial charge is 0.309 e. The molecule has 0 spiro atoms. The summed E-state index contributed by atoms with van der Waals surface area (Å²) in [5, 5.41) is 12.6. The molecular formula is C19H22N2. The van der Waals surface area contributed by atoms with Crippen LogP contribution in [0.15, 0.2) is 54.6 Å². The first-order valence-electron chi connectivity index (χ1n) is 7.32. The van der Waals surface area contributed by atoms with Crippen LogP contribution < -0.4 is 5.32 Å². The molecule has 0 aliphatic heterocycles. The lowest BCUT2D eigenvalue weighted by atomic mass is 9.84. The summed E-state index contributed by atoms with van der Waals surface area (Å²) in [6.07, 6.45) is 0. The van der Waals surface area contributed by atoms with Crippen molar-refractivity contribution in [2.75, 3.05) is 6.54 Å². The molecule has 2 nitrogen and oxygen atoms in total. The summed E-state index contributed by atoms with van der Waals surface area (Å²) in [5.74, 6) is 0. The molecule has 0 aliphatic carbocycles. The van der Waals surface area contributed by atoms with Gasteiger partial charge in [-0.15, -0.1) is 0 Å². The Balaban J connectivity index is 2.03. The molecule has 0 bridgehead atoms. The van der Waals surface area contributed by atoms with Crippen LogP contribution in [-0.2, 0) is 5.41 Å². The summed E-state index contributed by atoms with van der Waals surface area (Å²) >= 11 is 0. The minimum atomic E-state index is 0.0718. The first-order valence-corrected chi connectivity index (χ1v) is 7.32. The fourth-order valence-corrected chi connectivity index (χ4v) is 2.40. The van der Waals surface area contributed by atoms with Crippen LogP contribution in [0.3, 0.4) is 0 Å². The summed E-state index contributed by atoms with van der Waals surface area (Å²) in [6.45, 7) is 7.51. The minimum Gasteiger partial charge on any atom is -0.309 e. The van der Waals surface area contributed by atoms with Gasteiger partial charge in [-0.2, -0.15) is 5.26 Å². The van der Waals surface area contributed by atoms with Crippen LogP contribution in [0.1, 0.15) is 43.5 Å². The molecule has 0 radical (unpaired) electrons. The van der Waals surface area contributed by atoms with E-state index in [1.807, 2.05) is 24.3 Å². The molecule has 1 N–H and O–H groups in total. The van der Waals surface area contributed by atoms with Crippen molar-refractivity contribution in [1.82, 2.24) is 5.32 Å². The van der Waals surface area contributed by atoms with E-state index >= 15 is 0 Å². The van der Waals surface area contributed by atoms with Crippen molar-refractivity contribution in [2.45, 2.75) is 32.2 Å². The van der Waals surface area contributed by atoms with E-state index in [2.05, 4.69) is 62.5 Å². The average Bonchev–Trinajstić information content (AvgIpc) is 2.53. The normalized spacial score (nSPS) is 12.7. The van der Waals surface area contributed by atoms with E-state index in [4.69, 9.17) is 5.26 Å². The van der Waals surface area contributed by atoms with Gasteiger partial charge in [-0.05, 0) is 30.2 Å². The Kier molecular flexibility index (Phi) is 4.77. The third kappa shape index (κ3) is 3.93. The molecule has 0 amide bonds. The standard InChI is InChI=1S/C19H22N2/c1-15(17-9-7-8-16(12-17)13-20)21-14-19(2,3)18-10-5-4-6-11-18/h4-12,15,21H,14H2,1-3H3. The molecule has 2 aromatic carbocycles. The highest BCUT2D eigenvalue weighted by atomic mass is 14.9. The van der Waals surface area contributed by atoms with Crippen molar-refractivity contribution in [3.63, 3.8) is 0 Å². The van der Waals surface area contributed by atoms with E-state index in [9.17, 15) is 0 Å². The zero-order chi connectivity index (χ0) is 15.3. The Morgan fingerprint density at radius 2 is 1.81 bits per heavy atom. The molecule has 0 aliphatic rings. The van der Waals surface area contributed by atoms with Crippen molar-refractivity contribution >= 4 is 0 Å². The van der Waals surface area contributed by atoms with Crippen molar-refractivity contribution < 1.29 is 0 Å². The Morgan fingerprint density at radius 1 is 1.10 bits per heavy atom. The zero-order valence-corrected chi connectivity index (χ0v) is 12.9. The molecular weight excluding hydrogens is 256 g/mol. The lowest BCUT2D eigenvalue weighted by Crippen LogP contribution is -2.34. The minimum absolute atomic E-state index is 0.0718. The maximum Gasteiger partial charge on any atom is 0.0991 e. The molecule has 0 heterocycles. The predicted molar refractivity (Wildman–Crippen MR) is 87.0 cm³/mol. The van der Waals surface area contributed by atoms with Crippen LogP contribution in [0, 0.1) is 11.3 Å². The number of benzene rings is 2. The van der Waals surface area contributed by atoms with Crippen molar-refractivity contribution in [3.05, 3.63) is 71.3 Å².